The maximum absolute atomic E-state index is 12.1. The summed E-state index contributed by atoms with van der Waals surface area (Å²) in [5.74, 6) is -1.81. The van der Waals surface area contributed by atoms with Crippen molar-refractivity contribution in [3.63, 3.8) is 0 Å². The van der Waals surface area contributed by atoms with Gasteiger partial charge >= 0.3 is 11.9 Å². The number of aliphatic carboxylic acids is 1. The van der Waals surface area contributed by atoms with Gasteiger partial charge in [-0.3, -0.25) is 9.59 Å². The number of ether oxygens (including phenoxy) is 1. The van der Waals surface area contributed by atoms with Crippen LogP contribution in [0.15, 0.2) is 0 Å². The monoisotopic (exact) mass is 293 g/mol. The maximum atomic E-state index is 12.1. The molecule has 1 unspecified atom stereocenters. The predicted octanol–water partition coefficient (Wildman–Crippen LogP) is 0.209. The van der Waals surface area contributed by atoms with Crippen molar-refractivity contribution in [3.05, 3.63) is 0 Å². The van der Waals surface area contributed by atoms with E-state index in [2.05, 4.69) is 0 Å². The zero-order valence-corrected chi connectivity index (χ0v) is 11.7. The molecule has 1 aliphatic rings. The molecule has 0 amide bonds. The molecule has 0 aliphatic carbocycles. The Morgan fingerprint density at radius 2 is 2.11 bits per heavy atom. The molecule has 0 bridgehead atoms. The zero-order chi connectivity index (χ0) is 14.5. The van der Waals surface area contributed by atoms with Gasteiger partial charge in [0.25, 0.3) is 0 Å². The Morgan fingerprint density at radius 1 is 1.42 bits per heavy atom. The van der Waals surface area contributed by atoms with Crippen LogP contribution in [-0.4, -0.2) is 54.7 Å². The fourth-order valence-corrected chi connectivity index (χ4v) is 3.80. The quantitative estimate of drug-likeness (QED) is 0.673. The average molecular weight is 293 g/mol. The smallest absolute Gasteiger partial charge is 0.324 e. The summed E-state index contributed by atoms with van der Waals surface area (Å²) in [5.41, 5.74) is 0. The van der Waals surface area contributed by atoms with Crippen LogP contribution in [0.1, 0.15) is 32.6 Å². The van der Waals surface area contributed by atoms with Gasteiger partial charge in [0.05, 0.1) is 12.4 Å². The number of carboxylic acids is 1. The minimum absolute atomic E-state index is 0.0453. The second-order valence-corrected chi connectivity index (χ2v) is 6.38. The van der Waals surface area contributed by atoms with E-state index in [1.807, 2.05) is 0 Å². The van der Waals surface area contributed by atoms with Crippen LogP contribution in [0, 0.1) is 0 Å². The van der Waals surface area contributed by atoms with Gasteiger partial charge in [0.1, 0.15) is 6.04 Å². The minimum atomic E-state index is -3.60. The van der Waals surface area contributed by atoms with E-state index in [0.717, 1.165) is 4.31 Å². The number of hydrogen-bond acceptors (Lipinski definition) is 5. The molecule has 0 radical (unpaired) electrons. The van der Waals surface area contributed by atoms with Gasteiger partial charge < -0.3 is 9.84 Å². The second kappa shape index (κ2) is 6.85. The molecule has 0 aromatic heterocycles. The lowest BCUT2D eigenvalue weighted by molar-refractivity contribution is -0.147. The van der Waals surface area contributed by atoms with Crippen LogP contribution in [0.25, 0.3) is 0 Å². The highest BCUT2D eigenvalue weighted by molar-refractivity contribution is 7.89. The highest BCUT2D eigenvalue weighted by Gasteiger charge is 2.39. The van der Waals surface area contributed by atoms with E-state index in [0.29, 0.717) is 19.4 Å². The zero-order valence-electron chi connectivity index (χ0n) is 10.9. The highest BCUT2D eigenvalue weighted by Crippen LogP contribution is 2.23. The van der Waals surface area contributed by atoms with Crippen LogP contribution in [0.3, 0.4) is 0 Å². The lowest BCUT2D eigenvalue weighted by Crippen LogP contribution is -2.42. The molecule has 19 heavy (non-hydrogen) atoms. The van der Waals surface area contributed by atoms with Gasteiger partial charge in [0.2, 0.25) is 10.0 Å². The van der Waals surface area contributed by atoms with Crippen molar-refractivity contribution >= 4 is 22.0 Å². The van der Waals surface area contributed by atoms with E-state index >= 15 is 0 Å². The molecule has 0 aromatic rings. The Labute approximate surface area is 112 Å². The summed E-state index contributed by atoms with van der Waals surface area (Å²) in [6.45, 7) is 2.17. The number of rotatable bonds is 7. The summed E-state index contributed by atoms with van der Waals surface area (Å²) < 4.78 is 30.1. The summed E-state index contributed by atoms with van der Waals surface area (Å²) in [6.07, 6.45) is 0.916. The standard InChI is InChI=1S/C11H19NO6S/c1-2-18-11(15)9-5-3-7-12(9)19(16,17)8-4-6-10(13)14/h9H,2-8H2,1H3,(H,13,14). The Hall–Kier alpha value is -1.15. The van der Waals surface area contributed by atoms with Gasteiger partial charge in [-0.1, -0.05) is 0 Å². The largest absolute Gasteiger partial charge is 0.481 e. The van der Waals surface area contributed by atoms with Crippen LogP contribution in [-0.2, 0) is 24.3 Å². The number of sulfonamides is 1. The van der Waals surface area contributed by atoms with Crippen molar-refractivity contribution in [2.45, 2.75) is 38.6 Å². The van der Waals surface area contributed by atoms with Gasteiger partial charge in [0, 0.05) is 13.0 Å². The molecule has 1 aliphatic heterocycles. The van der Waals surface area contributed by atoms with E-state index < -0.39 is 28.0 Å². The summed E-state index contributed by atoms with van der Waals surface area (Å²) in [4.78, 5) is 22.0. The van der Waals surface area contributed by atoms with Gasteiger partial charge in [-0.05, 0) is 26.2 Å². The van der Waals surface area contributed by atoms with E-state index in [1.54, 1.807) is 6.92 Å². The second-order valence-electron chi connectivity index (χ2n) is 4.33. The summed E-state index contributed by atoms with van der Waals surface area (Å²) >= 11 is 0. The molecule has 1 rings (SSSR count). The third-order valence-corrected chi connectivity index (χ3v) is 4.87. The molecule has 7 nitrogen and oxygen atoms in total. The Balaban J connectivity index is 2.65. The van der Waals surface area contributed by atoms with Crippen molar-refractivity contribution in [2.24, 2.45) is 0 Å². The SMILES string of the molecule is CCOC(=O)C1CCCN1S(=O)(=O)CCCC(=O)O. The number of carbonyl (C=O) groups excluding carboxylic acids is 1. The molecule has 8 heteroatoms. The fourth-order valence-electron chi connectivity index (χ4n) is 2.07. The van der Waals surface area contributed by atoms with Gasteiger partial charge in [-0.2, -0.15) is 4.31 Å². The number of esters is 1. The molecule has 110 valence electrons. The van der Waals surface area contributed by atoms with Gasteiger partial charge in [0.15, 0.2) is 0 Å². The van der Waals surface area contributed by atoms with E-state index in [4.69, 9.17) is 9.84 Å². The van der Waals surface area contributed by atoms with Crippen LogP contribution in [0.5, 0.6) is 0 Å². The van der Waals surface area contributed by atoms with Crippen LogP contribution >= 0.6 is 0 Å². The normalized spacial score (nSPS) is 20.4. The van der Waals surface area contributed by atoms with Crippen LogP contribution in [0.2, 0.25) is 0 Å². The topological polar surface area (TPSA) is 101 Å². The number of nitrogens with zero attached hydrogens (tertiary/aromatic N) is 1. The van der Waals surface area contributed by atoms with Gasteiger partial charge in [-0.25, -0.2) is 8.42 Å². The molecule has 1 fully saturated rings. The first-order chi connectivity index (χ1) is 8.88. The first-order valence-corrected chi connectivity index (χ1v) is 7.87. The van der Waals surface area contributed by atoms with E-state index in [1.165, 1.54) is 0 Å². The predicted molar refractivity (Wildman–Crippen MR) is 67.0 cm³/mol. The van der Waals surface area contributed by atoms with Crippen molar-refractivity contribution < 1.29 is 27.9 Å². The number of hydrogen-bond donors (Lipinski definition) is 1. The highest BCUT2D eigenvalue weighted by atomic mass is 32.2. The van der Waals surface area contributed by atoms with E-state index in [-0.39, 0.29) is 25.2 Å². The minimum Gasteiger partial charge on any atom is -0.481 e. The van der Waals surface area contributed by atoms with Crippen LogP contribution in [0.4, 0.5) is 0 Å². The first-order valence-electron chi connectivity index (χ1n) is 6.26. The number of carboxylic acid groups (broad SMARTS) is 1. The fraction of sp³-hybridized carbons (Fsp3) is 0.818. The average Bonchev–Trinajstić information content (AvgIpc) is 2.78. The van der Waals surface area contributed by atoms with Crippen molar-refractivity contribution in [2.75, 3.05) is 18.9 Å². The van der Waals surface area contributed by atoms with E-state index in [9.17, 15) is 18.0 Å². The molecular weight excluding hydrogens is 274 g/mol. The Bertz CT molecular complexity index is 432. The summed E-state index contributed by atoms with van der Waals surface area (Å²) in [6, 6.07) is -0.755. The molecule has 1 heterocycles. The molecule has 1 saturated heterocycles. The van der Waals surface area contributed by atoms with Crippen molar-refractivity contribution in [1.29, 1.82) is 0 Å². The molecule has 0 aromatic carbocycles. The Morgan fingerprint density at radius 3 is 2.68 bits per heavy atom. The Kier molecular flexibility index (Phi) is 5.74. The van der Waals surface area contributed by atoms with Crippen molar-refractivity contribution in [1.82, 2.24) is 4.31 Å². The lowest BCUT2D eigenvalue weighted by Gasteiger charge is -2.22. The van der Waals surface area contributed by atoms with Crippen molar-refractivity contribution in [3.8, 4) is 0 Å². The molecule has 1 atom stereocenters. The molecule has 0 spiro atoms. The maximum Gasteiger partial charge on any atom is 0.324 e. The first kappa shape index (κ1) is 15.9. The third-order valence-electron chi connectivity index (χ3n) is 2.91. The lowest BCUT2D eigenvalue weighted by atomic mass is 10.2. The molecule has 1 N–H and O–H groups in total. The summed E-state index contributed by atoms with van der Waals surface area (Å²) in [5, 5.41) is 8.50. The summed E-state index contributed by atoms with van der Waals surface area (Å²) in [7, 11) is -3.60. The number of carbonyl (C=O) groups is 2. The van der Waals surface area contributed by atoms with Crippen LogP contribution < -0.4 is 0 Å². The molecular formula is C11H19NO6S. The third kappa shape index (κ3) is 4.46. The van der Waals surface area contributed by atoms with Gasteiger partial charge in [-0.15, -0.1) is 0 Å². The molecule has 0 saturated carbocycles.